The maximum atomic E-state index is 12.3. The van der Waals surface area contributed by atoms with E-state index in [-0.39, 0.29) is 12.4 Å². The number of carbonyl (C=O) groups excluding carboxylic acids is 1. The number of benzene rings is 2. The number of carbonyl (C=O) groups is 1. The van der Waals surface area contributed by atoms with Crippen LogP contribution in [0.5, 0.6) is 0 Å². The molecule has 1 saturated heterocycles. The molecule has 0 bridgehead atoms. The van der Waals surface area contributed by atoms with Crippen molar-refractivity contribution < 1.29 is 9.90 Å². The first kappa shape index (κ1) is 21.6. The Bertz CT molecular complexity index is 1130. The van der Waals surface area contributed by atoms with Crippen molar-refractivity contribution >= 4 is 50.7 Å². The molecule has 164 valence electrons. The SMILES string of the molecule is CCn1c2ccccc2c2c(Cl)c(N/N=C(\C(C)=O)N3CCN(CCO)CC3)ccc21. The van der Waals surface area contributed by atoms with E-state index in [4.69, 9.17) is 16.7 Å². The predicted molar refractivity (Wildman–Crippen MR) is 127 cm³/mol. The topological polar surface area (TPSA) is 73.1 Å². The third kappa shape index (κ3) is 4.13. The summed E-state index contributed by atoms with van der Waals surface area (Å²) in [5, 5.41) is 16.3. The van der Waals surface area contributed by atoms with Crippen molar-refractivity contribution in [3.05, 3.63) is 41.4 Å². The smallest absolute Gasteiger partial charge is 0.196 e. The van der Waals surface area contributed by atoms with Gasteiger partial charge >= 0.3 is 0 Å². The molecule has 0 radical (unpaired) electrons. The second-order valence-electron chi connectivity index (χ2n) is 7.74. The van der Waals surface area contributed by atoms with E-state index in [1.807, 2.05) is 29.2 Å². The van der Waals surface area contributed by atoms with Crippen molar-refractivity contribution in [3.8, 4) is 0 Å². The predicted octanol–water partition coefficient (Wildman–Crippen LogP) is 3.39. The number of aromatic nitrogens is 1. The molecule has 2 N–H and O–H groups in total. The van der Waals surface area contributed by atoms with Gasteiger partial charge in [-0.2, -0.15) is 5.10 Å². The zero-order valence-corrected chi connectivity index (χ0v) is 18.7. The zero-order chi connectivity index (χ0) is 22.0. The molecule has 0 atom stereocenters. The van der Waals surface area contributed by atoms with Crippen LogP contribution in [0.1, 0.15) is 13.8 Å². The number of aliphatic hydroxyl groups excluding tert-OH is 1. The summed E-state index contributed by atoms with van der Waals surface area (Å²) < 4.78 is 2.25. The van der Waals surface area contributed by atoms with E-state index in [0.717, 1.165) is 41.4 Å². The van der Waals surface area contributed by atoms with Gasteiger partial charge in [0, 0.05) is 62.5 Å². The molecule has 1 fully saturated rings. The minimum Gasteiger partial charge on any atom is -0.395 e. The molecule has 8 heteroatoms. The fourth-order valence-corrected chi connectivity index (χ4v) is 4.64. The molecule has 31 heavy (non-hydrogen) atoms. The number of hydrogen-bond acceptors (Lipinski definition) is 5. The number of fused-ring (bicyclic) bond motifs is 3. The quantitative estimate of drug-likeness (QED) is 0.348. The number of amidine groups is 1. The van der Waals surface area contributed by atoms with Crippen LogP contribution in [0.25, 0.3) is 21.8 Å². The van der Waals surface area contributed by atoms with Gasteiger partial charge in [-0.25, -0.2) is 0 Å². The van der Waals surface area contributed by atoms with E-state index >= 15 is 0 Å². The van der Waals surface area contributed by atoms with Gasteiger partial charge in [0.15, 0.2) is 11.6 Å². The van der Waals surface area contributed by atoms with E-state index in [9.17, 15) is 4.79 Å². The number of hydrogen-bond donors (Lipinski definition) is 2. The van der Waals surface area contributed by atoms with Crippen LogP contribution in [0.3, 0.4) is 0 Å². The van der Waals surface area contributed by atoms with Crippen LogP contribution in [0.15, 0.2) is 41.5 Å². The summed E-state index contributed by atoms with van der Waals surface area (Å²) in [5.41, 5.74) is 5.94. The Labute approximate surface area is 186 Å². The van der Waals surface area contributed by atoms with Crippen LogP contribution in [0, 0.1) is 0 Å². The highest BCUT2D eigenvalue weighted by atomic mass is 35.5. The van der Waals surface area contributed by atoms with Crippen molar-refractivity contribution in [3.63, 3.8) is 0 Å². The van der Waals surface area contributed by atoms with Gasteiger partial charge in [-0.1, -0.05) is 29.8 Å². The van der Waals surface area contributed by atoms with Gasteiger partial charge in [-0.05, 0) is 25.1 Å². The number of ketones is 1. The molecule has 0 spiro atoms. The lowest BCUT2D eigenvalue weighted by Crippen LogP contribution is -2.51. The average molecular weight is 442 g/mol. The van der Waals surface area contributed by atoms with Crippen molar-refractivity contribution in [1.29, 1.82) is 0 Å². The maximum Gasteiger partial charge on any atom is 0.196 e. The van der Waals surface area contributed by atoms with Crippen LogP contribution in [0.4, 0.5) is 5.69 Å². The molecule has 1 aliphatic rings. The highest BCUT2D eigenvalue weighted by Gasteiger charge is 2.22. The Morgan fingerprint density at radius 3 is 2.55 bits per heavy atom. The summed E-state index contributed by atoms with van der Waals surface area (Å²) in [6.45, 7) is 8.25. The molecule has 3 aromatic rings. The van der Waals surface area contributed by atoms with Gasteiger partial charge in [0.1, 0.15) is 0 Å². The van der Waals surface area contributed by atoms with Crippen LogP contribution >= 0.6 is 11.6 Å². The minimum atomic E-state index is -0.0945. The highest BCUT2D eigenvalue weighted by molar-refractivity contribution is 6.41. The number of Topliss-reactive ketones (excluding diaryl/α,β-unsaturated/α-hetero) is 1. The van der Waals surface area contributed by atoms with E-state index < -0.39 is 0 Å². The average Bonchev–Trinajstić information content (AvgIpc) is 3.10. The number of piperazine rings is 1. The van der Waals surface area contributed by atoms with Crippen molar-refractivity contribution in [2.24, 2.45) is 5.10 Å². The maximum absolute atomic E-state index is 12.3. The van der Waals surface area contributed by atoms with Gasteiger partial charge in [0.2, 0.25) is 0 Å². The highest BCUT2D eigenvalue weighted by Crippen LogP contribution is 2.38. The van der Waals surface area contributed by atoms with E-state index in [0.29, 0.717) is 36.2 Å². The monoisotopic (exact) mass is 441 g/mol. The molecule has 0 saturated carbocycles. The number of anilines is 1. The van der Waals surface area contributed by atoms with Gasteiger partial charge in [0.25, 0.3) is 0 Å². The molecule has 0 aliphatic carbocycles. The van der Waals surface area contributed by atoms with Crippen molar-refractivity contribution in [2.45, 2.75) is 20.4 Å². The van der Waals surface area contributed by atoms with Crippen LogP contribution in [-0.4, -0.2) is 70.4 Å². The Morgan fingerprint density at radius 1 is 1.13 bits per heavy atom. The number of aryl methyl sites for hydroxylation is 1. The molecular formula is C23H28ClN5O2. The largest absolute Gasteiger partial charge is 0.395 e. The van der Waals surface area contributed by atoms with Gasteiger partial charge in [0.05, 0.1) is 22.8 Å². The molecule has 7 nitrogen and oxygen atoms in total. The summed E-state index contributed by atoms with van der Waals surface area (Å²) in [7, 11) is 0. The standard InChI is InChI=1S/C23H28ClN5O2/c1-3-29-19-7-5-4-6-17(19)21-20(29)9-8-18(22(21)24)25-26-23(16(2)31)28-12-10-27(11-13-28)14-15-30/h4-9,25,30H,3,10-15H2,1-2H3/b26-23+. The molecule has 4 rings (SSSR count). The van der Waals surface area contributed by atoms with Crippen LogP contribution in [0.2, 0.25) is 5.02 Å². The second kappa shape index (κ2) is 9.26. The van der Waals surface area contributed by atoms with Crippen molar-refractivity contribution in [1.82, 2.24) is 14.4 Å². The fourth-order valence-electron chi connectivity index (χ4n) is 4.33. The number of nitrogens with one attached hydrogen (secondary N) is 1. The first-order valence-electron chi connectivity index (χ1n) is 10.7. The van der Waals surface area contributed by atoms with E-state index in [1.165, 1.54) is 6.92 Å². The summed E-state index contributed by atoms with van der Waals surface area (Å²) in [6.07, 6.45) is 0. The van der Waals surface area contributed by atoms with Crippen LogP contribution in [-0.2, 0) is 11.3 Å². The van der Waals surface area contributed by atoms with E-state index in [1.54, 1.807) is 0 Å². The normalized spacial score (nSPS) is 15.7. The third-order valence-corrected chi connectivity index (χ3v) is 6.27. The Balaban J connectivity index is 1.64. The number of hydrazone groups is 1. The Hall–Kier alpha value is -2.61. The van der Waals surface area contributed by atoms with E-state index in [2.05, 4.69) is 39.1 Å². The number of nitrogens with zero attached hydrogens (tertiary/aromatic N) is 4. The zero-order valence-electron chi connectivity index (χ0n) is 17.9. The first-order valence-corrected chi connectivity index (χ1v) is 11.0. The summed E-state index contributed by atoms with van der Waals surface area (Å²) in [4.78, 5) is 16.4. The molecule has 2 heterocycles. The Kier molecular flexibility index (Phi) is 6.46. The summed E-state index contributed by atoms with van der Waals surface area (Å²) in [5.74, 6) is 0.304. The lowest BCUT2D eigenvalue weighted by Gasteiger charge is -2.35. The van der Waals surface area contributed by atoms with Crippen LogP contribution < -0.4 is 5.43 Å². The fraction of sp³-hybridized carbons (Fsp3) is 0.391. The van der Waals surface area contributed by atoms with Gasteiger partial charge in [-0.3, -0.25) is 15.1 Å². The molecule has 1 aliphatic heterocycles. The van der Waals surface area contributed by atoms with Crippen molar-refractivity contribution in [2.75, 3.05) is 44.8 Å². The number of halogens is 1. The number of β-amino-alcohol motifs (C(OH)–C–C–N with tert-alkyl or cyclic N) is 1. The number of para-hydroxylation sites is 1. The lowest BCUT2D eigenvalue weighted by molar-refractivity contribution is -0.111. The molecule has 1 aromatic heterocycles. The van der Waals surface area contributed by atoms with Gasteiger partial charge in [-0.15, -0.1) is 0 Å². The Morgan fingerprint density at radius 2 is 1.87 bits per heavy atom. The third-order valence-electron chi connectivity index (χ3n) is 5.88. The molecule has 2 aromatic carbocycles. The summed E-state index contributed by atoms with van der Waals surface area (Å²) >= 11 is 6.82. The number of rotatable bonds is 6. The first-order chi connectivity index (χ1) is 15.0. The minimum absolute atomic E-state index is 0.0945. The van der Waals surface area contributed by atoms with Gasteiger partial charge < -0.3 is 14.6 Å². The molecule has 0 unspecified atom stereocenters. The lowest BCUT2D eigenvalue weighted by atomic mass is 10.1. The number of aliphatic hydroxyl groups is 1. The molecule has 0 amide bonds. The summed E-state index contributed by atoms with van der Waals surface area (Å²) in [6, 6.07) is 12.2. The molecular weight excluding hydrogens is 414 g/mol. The second-order valence-corrected chi connectivity index (χ2v) is 8.12.